The normalized spacial score (nSPS) is 14.4. The second kappa shape index (κ2) is 15.4. The zero-order valence-electron chi connectivity index (χ0n) is 25.9. The number of halogens is 3. The number of rotatable bonds is 10. The second-order valence-electron chi connectivity index (χ2n) is 10.6. The monoisotopic (exact) mass is 902 g/mol. The van der Waals surface area contributed by atoms with Crippen LogP contribution in [-0.2, 0) is 16.1 Å². The maximum absolute atomic E-state index is 14.5. The molecule has 0 bridgehead atoms. The van der Waals surface area contributed by atoms with E-state index in [1.807, 2.05) is 104 Å². The van der Waals surface area contributed by atoms with Gasteiger partial charge in [-0.1, -0.05) is 83.6 Å². The number of aromatic nitrogens is 1. The highest BCUT2D eigenvalue weighted by molar-refractivity contribution is 14.1. The molecule has 0 spiro atoms. The van der Waals surface area contributed by atoms with E-state index in [1.54, 1.807) is 11.5 Å². The number of carbonyl (C=O) groups excluding carboxylic acids is 1. The molecule has 244 valence electrons. The molecule has 4 aromatic carbocycles. The van der Waals surface area contributed by atoms with E-state index in [0.717, 1.165) is 29.4 Å². The van der Waals surface area contributed by atoms with E-state index in [9.17, 15) is 9.59 Å². The summed E-state index contributed by atoms with van der Waals surface area (Å²) in [5.41, 5.74) is 3.55. The predicted octanol–water partition coefficient (Wildman–Crippen LogP) is 7.78. The summed E-state index contributed by atoms with van der Waals surface area (Å²) in [6, 6.07) is 27.7. The number of carbonyl (C=O) groups is 1. The summed E-state index contributed by atoms with van der Waals surface area (Å²) in [6.07, 6.45) is 1.83. The highest BCUT2D eigenvalue weighted by Gasteiger charge is 2.35. The van der Waals surface area contributed by atoms with Gasteiger partial charge in [0.15, 0.2) is 4.80 Å². The van der Waals surface area contributed by atoms with E-state index in [4.69, 9.17) is 30.8 Å². The van der Waals surface area contributed by atoms with E-state index in [0.29, 0.717) is 43.7 Å². The van der Waals surface area contributed by atoms with Crippen LogP contribution < -0.4 is 24.4 Å². The van der Waals surface area contributed by atoms with E-state index in [1.165, 1.54) is 11.3 Å². The summed E-state index contributed by atoms with van der Waals surface area (Å²) in [5.74, 6) is 0.800. The molecule has 7 nitrogen and oxygen atoms in total. The number of fused-ring (bicyclic) bond motifs is 1. The van der Waals surface area contributed by atoms with Crippen molar-refractivity contribution in [2.75, 3.05) is 13.2 Å². The molecule has 0 aliphatic carbocycles. The highest BCUT2D eigenvalue weighted by Crippen LogP contribution is 2.36. The largest absolute Gasteiger partial charge is 0.494 e. The van der Waals surface area contributed by atoms with Gasteiger partial charge in [-0.2, -0.15) is 0 Å². The van der Waals surface area contributed by atoms with Gasteiger partial charge in [0.1, 0.15) is 18.1 Å². The minimum atomic E-state index is -0.791. The first-order valence-corrected chi connectivity index (χ1v) is 18.5. The molecular formula is C37H29ClI2N2O5S. The molecular weight excluding hydrogens is 874 g/mol. The summed E-state index contributed by atoms with van der Waals surface area (Å²) in [7, 11) is 0. The standard InChI is InChI=1S/C37H29ClI2N2O5S/c1-3-45-27-16-14-23(15-17-27)33-31(36(44)46-4-2)32(22-10-6-5-7-11-22)41-37-42(33)35(43)30(48-37)19-25-18-26(39)20-29(40)34(25)47-21-24-12-8-9-13-28(24)38/h5-20,33H,3-4,21H2,1-2H3/b30-19-/t33-/m0/s1. The molecule has 5 aromatic rings. The average Bonchev–Trinajstić information content (AvgIpc) is 3.39. The third-order valence-electron chi connectivity index (χ3n) is 7.53. The van der Waals surface area contributed by atoms with Gasteiger partial charge in [0.2, 0.25) is 0 Å². The van der Waals surface area contributed by atoms with E-state index in [2.05, 4.69) is 45.2 Å². The third kappa shape index (κ3) is 7.26. The van der Waals surface area contributed by atoms with Gasteiger partial charge in [0, 0.05) is 25.3 Å². The van der Waals surface area contributed by atoms with Crippen molar-refractivity contribution >= 4 is 85.9 Å². The van der Waals surface area contributed by atoms with Crippen molar-refractivity contribution in [3.8, 4) is 11.5 Å². The Balaban J connectivity index is 1.56. The van der Waals surface area contributed by atoms with Crippen LogP contribution in [0.25, 0.3) is 11.8 Å². The van der Waals surface area contributed by atoms with Crippen molar-refractivity contribution in [2.24, 2.45) is 4.99 Å². The Kier molecular flexibility index (Phi) is 11.0. The van der Waals surface area contributed by atoms with Crippen LogP contribution in [0.3, 0.4) is 0 Å². The lowest BCUT2D eigenvalue weighted by Gasteiger charge is -2.26. The van der Waals surface area contributed by atoms with Gasteiger partial charge in [-0.3, -0.25) is 9.36 Å². The fourth-order valence-corrected chi connectivity index (χ4v) is 8.64. The highest BCUT2D eigenvalue weighted by atomic mass is 127. The summed E-state index contributed by atoms with van der Waals surface area (Å²) >= 11 is 12.2. The van der Waals surface area contributed by atoms with Crippen LogP contribution in [0.15, 0.2) is 106 Å². The SMILES string of the molecule is CCOC(=O)C1=C(c2ccccc2)N=c2s/c(=C\c3cc(I)cc(I)c3OCc3ccccc3Cl)c(=O)n2[C@H]1c1ccc(OCC)cc1. The number of thiazole rings is 1. The Bertz CT molecular complexity index is 2200. The number of hydrogen-bond donors (Lipinski definition) is 0. The maximum Gasteiger partial charge on any atom is 0.338 e. The first kappa shape index (κ1) is 34.4. The molecule has 0 saturated carbocycles. The number of nitrogens with zero attached hydrogens (tertiary/aromatic N) is 2. The van der Waals surface area contributed by atoms with Crippen LogP contribution in [0.2, 0.25) is 5.02 Å². The van der Waals surface area contributed by atoms with Crippen LogP contribution in [0, 0.1) is 7.14 Å². The van der Waals surface area contributed by atoms with Gasteiger partial charge in [-0.25, -0.2) is 9.79 Å². The van der Waals surface area contributed by atoms with Crippen LogP contribution in [-0.4, -0.2) is 23.8 Å². The maximum atomic E-state index is 14.5. The van der Waals surface area contributed by atoms with Gasteiger partial charge in [-0.05, 0) is 101 Å². The van der Waals surface area contributed by atoms with Crippen LogP contribution in [0.1, 0.15) is 42.1 Å². The van der Waals surface area contributed by atoms with Crippen molar-refractivity contribution in [3.63, 3.8) is 0 Å². The van der Waals surface area contributed by atoms with Crippen molar-refractivity contribution in [1.29, 1.82) is 0 Å². The first-order valence-electron chi connectivity index (χ1n) is 15.2. The van der Waals surface area contributed by atoms with Crippen LogP contribution in [0.4, 0.5) is 0 Å². The molecule has 11 heteroatoms. The fraction of sp³-hybridized carbons (Fsp3) is 0.162. The number of esters is 1. The molecule has 6 rings (SSSR count). The zero-order chi connectivity index (χ0) is 33.8. The van der Waals surface area contributed by atoms with Gasteiger partial charge in [0.25, 0.3) is 5.56 Å². The van der Waals surface area contributed by atoms with Gasteiger partial charge in [0.05, 0.1) is 38.6 Å². The zero-order valence-corrected chi connectivity index (χ0v) is 31.8. The van der Waals surface area contributed by atoms with Crippen molar-refractivity contribution in [2.45, 2.75) is 26.5 Å². The average molecular weight is 903 g/mol. The van der Waals surface area contributed by atoms with E-state index >= 15 is 0 Å². The fourth-order valence-electron chi connectivity index (χ4n) is 5.42. The lowest BCUT2D eigenvalue weighted by atomic mass is 9.93. The molecule has 0 amide bonds. The van der Waals surface area contributed by atoms with Crippen LogP contribution in [0.5, 0.6) is 11.5 Å². The lowest BCUT2D eigenvalue weighted by molar-refractivity contribution is -0.138. The molecule has 0 N–H and O–H groups in total. The van der Waals surface area contributed by atoms with Gasteiger partial charge < -0.3 is 14.2 Å². The summed E-state index contributed by atoms with van der Waals surface area (Å²) in [4.78, 5) is 33.7. The lowest BCUT2D eigenvalue weighted by Crippen LogP contribution is -2.40. The minimum absolute atomic E-state index is 0.174. The van der Waals surface area contributed by atoms with E-state index < -0.39 is 12.0 Å². The van der Waals surface area contributed by atoms with Crippen molar-refractivity contribution in [3.05, 3.63) is 151 Å². The quantitative estimate of drug-likeness (QED) is 0.106. The van der Waals surface area contributed by atoms with Crippen molar-refractivity contribution in [1.82, 2.24) is 4.57 Å². The Hall–Kier alpha value is -3.46. The predicted molar refractivity (Wildman–Crippen MR) is 206 cm³/mol. The topological polar surface area (TPSA) is 79.1 Å². The molecule has 1 aliphatic heterocycles. The minimum Gasteiger partial charge on any atom is -0.494 e. The summed E-state index contributed by atoms with van der Waals surface area (Å²) in [5, 5.41) is 0.619. The van der Waals surface area contributed by atoms with Crippen LogP contribution >= 0.6 is 68.1 Å². The second-order valence-corrected chi connectivity index (χ2v) is 14.4. The molecule has 0 saturated heterocycles. The smallest absolute Gasteiger partial charge is 0.338 e. The molecule has 0 radical (unpaired) electrons. The molecule has 2 heterocycles. The number of benzene rings is 4. The van der Waals surface area contributed by atoms with Crippen molar-refractivity contribution < 1.29 is 19.0 Å². The molecule has 0 fully saturated rings. The molecule has 1 atom stereocenters. The Morgan fingerprint density at radius 1 is 0.958 bits per heavy atom. The van der Waals surface area contributed by atoms with E-state index in [-0.39, 0.29) is 18.8 Å². The molecule has 48 heavy (non-hydrogen) atoms. The molecule has 0 unspecified atom stereocenters. The molecule has 1 aliphatic rings. The number of hydrogen-bond acceptors (Lipinski definition) is 7. The Morgan fingerprint density at radius 2 is 1.69 bits per heavy atom. The summed E-state index contributed by atoms with van der Waals surface area (Å²) < 4.78 is 21.5. The number of ether oxygens (including phenoxy) is 3. The van der Waals surface area contributed by atoms with Gasteiger partial charge >= 0.3 is 5.97 Å². The first-order chi connectivity index (χ1) is 23.3. The Morgan fingerprint density at radius 3 is 2.40 bits per heavy atom. The Labute approximate surface area is 313 Å². The molecule has 1 aromatic heterocycles. The third-order valence-corrected chi connectivity index (χ3v) is 10.3. The van der Waals surface area contributed by atoms with Gasteiger partial charge in [-0.15, -0.1) is 0 Å². The summed E-state index contributed by atoms with van der Waals surface area (Å²) in [6.45, 7) is 4.63.